The molecule has 7 nitrogen and oxygen atoms in total. The Morgan fingerprint density at radius 1 is 1.13 bits per heavy atom. The second-order valence-corrected chi connectivity index (χ2v) is 8.34. The summed E-state index contributed by atoms with van der Waals surface area (Å²) >= 11 is 0. The van der Waals surface area contributed by atoms with E-state index in [1.165, 1.54) is 6.07 Å². The standard InChI is InChI=1S/C23H24FN5O2/c1-29(19-10-15-3-5-17(28-15)23(19)24)21-12-26-18(11-27-21)16-4-2-13(8-20(16)30)14-6-7-25-22(31)9-14/h2,4,6-9,11-12,15,17,19,23,28,30H,3,5,10H2,1H3,(H,25,31)/t15-,17+,19-,23+/m0/s1. The summed E-state index contributed by atoms with van der Waals surface area (Å²) in [6, 6.07) is 8.49. The summed E-state index contributed by atoms with van der Waals surface area (Å²) in [5.74, 6) is 0.657. The van der Waals surface area contributed by atoms with E-state index in [9.17, 15) is 14.3 Å². The fourth-order valence-corrected chi connectivity index (χ4v) is 4.71. The lowest BCUT2D eigenvalue weighted by molar-refractivity contribution is 0.176. The third-order valence-corrected chi connectivity index (χ3v) is 6.43. The van der Waals surface area contributed by atoms with Crippen molar-refractivity contribution in [1.29, 1.82) is 0 Å². The van der Waals surface area contributed by atoms with E-state index in [0.29, 0.717) is 28.7 Å². The summed E-state index contributed by atoms with van der Waals surface area (Å²) in [7, 11) is 1.86. The van der Waals surface area contributed by atoms with Crippen molar-refractivity contribution in [2.24, 2.45) is 0 Å². The third-order valence-electron chi connectivity index (χ3n) is 6.43. The van der Waals surface area contributed by atoms with Crippen molar-refractivity contribution in [1.82, 2.24) is 20.3 Å². The molecule has 2 aromatic heterocycles. The minimum Gasteiger partial charge on any atom is -0.507 e. The lowest BCUT2D eigenvalue weighted by atomic mass is 9.96. The monoisotopic (exact) mass is 421 g/mol. The Labute approximate surface area is 179 Å². The van der Waals surface area contributed by atoms with Gasteiger partial charge in [0.15, 0.2) is 0 Å². The first-order valence-corrected chi connectivity index (χ1v) is 10.5. The maximum Gasteiger partial charge on any atom is 0.248 e. The molecule has 31 heavy (non-hydrogen) atoms. The Bertz CT molecular complexity index is 1150. The molecule has 1 aromatic carbocycles. The zero-order chi connectivity index (χ0) is 21.5. The minimum absolute atomic E-state index is 0.0481. The van der Waals surface area contributed by atoms with E-state index in [1.807, 2.05) is 18.0 Å². The van der Waals surface area contributed by atoms with Crippen molar-refractivity contribution in [2.75, 3.05) is 11.9 Å². The predicted octanol–water partition coefficient (Wildman–Crippen LogP) is 2.87. The van der Waals surface area contributed by atoms with Crippen LogP contribution < -0.4 is 15.8 Å². The van der Waals surface area contributed by atoms with Gasteiger partial charge in [-0.3, -0.25) is 9.78 Å². The van der Waals surface area contributed by atoms with E-state index in [-0.39, 0.29) is 23.4 Å². The van der Waals surface area contributed by atoms with E-state index in [2.05, 4.69) is 20.3 Å². The average Bonchev–Trinajstić information content (AvgIpc) is 3.19. The highest BCUT2D eigenvalue weighted by Gasteiger charge is 2.43. The molecule has 0 radical (unpaired) electrons. The number of hydrogen-bond acceptors (Lipinski definition) is 6. The summed E-state index contributed by atoms with van der Waals surface area (Å²) in [5, 5.41) is 13.9. The first-order valence-electron chi connectivity index (χ1n) is 10.5. The molecule has 160 valence electrons. The van der Waals surface area contributed by atoms with Gasteiger partial charge >= 0.3 is 0 Å². The number of piperidine rings is 1. The number of aromatic nitrogens is 3. The van der Waals surface area contributed by atoms with Gasteiger partial charge in [0.2, 0.25) is 5.56 Å². The third kappa shape index (κ3) is 3.67. The second kappa shape index (κ2) is 7.77. The highest BCUT2D eigenvalue weighted by atomic mass is 19.1. The first kappa shape index (κ1) is 19.7. The van der Waals surface area contributed by atoms with Crippen molar-refractivity contribution in [3.63, 3.8) is 0 Å². The lowest BCUT2D eigenvalue weighted by Crippen LogP contribution is -2.55. The normalized spacial score (nSPS) is 24.8. The molecule has 3 N–H and O–H groups in total. The van der Waals surface area contributed by atoms with Crippen LogP contribution in [0.4, 0.5) is 10.2 Å². The van der Waals surface area contributed by atoms with Crippen LogP contribution in [0.25, 0.3) is 22.4 Å². The lowest BCUT2D eigenvalue weighted by Gasteiger charge is -2.38. The van der Waals surface area contributed by atoms with Gasteiger partial charge in [0.1, 0.15) is 17.7 Å². The van der Waals surface area contributed by atoms with Crippen molar-refractivity contribution in [3.05, 3.63) is 59.3 Å². The zero-order valence-corrected chi connectivity index (χ0v) is 17.1. The minimum atomic E-state index is -0.938. The van der Waals surface area contributed by atoms with Crippen LogP contribution in [-0.2, 0) is 0 Å². The van der Waals surface area contributed by atoms with Crippen molar-refractivity contribution >= 4 is 5.82 Å². The van der Waals surface area contributed by atoms with Crippen LogP contribution in [0.5, 0.6) is 5.75 Å². The highest BCUT2D eigenvalue weighted by molar-refractivity contribution is 5.74. The highest BCUT2D eigenvalue weighted by Crippen LogP contribution is 2.34. The molecule has 2 saturated heterocycles. The second-order valence-electron chi connectivity index (χ2n) is 8.34. The number of nitrogens with zero attached hydrogens (tertiary/aromatic N) is 3. The number of fused-ring (bicyclic) bond motifs is 2. The van der Waals surface area contributed by atoms with E-state index in [0.717, 1.165) is 24.8 Å². The van der Waals surface area contributed by atoms with Crippen LogP contribution in [0.15, 0.2) is 53.7 Å². The Balaban J connectivity index is 1.37. The van der Waals surface area contributed by atoms with Crippen molar-refractivity contribution in [2.45, 2.75) is 43.6 Å². The van der Waals surface area contributed by atoms with E-state index < -0.39 is 6.17 Å². The maximum atomic E-state index is 14.9. The Kier molecular flexibility index (Phi) is 4.94. The first-order chi connectivity index (χ1) is 15.0. The zero-order valence-electron chi connectivity index (χ0n) is 17.1. The SMILES string of the molecule is CN(c1cnc(-c2ccc(-c3cc[nH]c(=O)c3)cc2O)cn1)[C@H]1C[C@@H]2CC[C@@H](N2)[C@H]1F. The van der Waals surface area contributed by atoms with Crippen LogP contribution in [0.1, 0.15) is 19.3 Å². The molecule has 3 aromatic rings. The number of benzene rings is 1. The molecular weight excluding hydrogens is 397 g/mol. The molecular formula is C23H24FN5O2. The summed E-state index contributed by atoms with van der Waals surface area (Å²) in [6.07, 6.45) is 6.50. The van der Waals surface area contributed by atoms with Gasteiger partial charge in [-0.15, -0.1) is 0 Å². The van der Waals surface area contributed by atoms with E-state index in [4.69, 9.17) is 0 Å². The van der Waals surface area contributed by atoms with Gasteiger partial charge < -0.3 is 20.3 Å². The van der Waals surface area contributed by atoms with Crippen molar-refractivity contribution < 1.29 is 9.50 Å². The number of alkyl halides is 1. The Morgan fingerprint density at radius 2 is 1.97 bits per heavy atom. The number of halogens is 1. The largest absolute Gasteiger partial charge is 0.507 e. The number of pyridine rings is 1. The molecule has 4 heterocycles. The average molecular weight is 421 g/mol. The van der Waals surface area contributed by atoms with Gasteiger partial charge in [0, 0.05) is 37.0 Å². The fraction of sp³-hybridized carbons (Fsp3) is 0.348. The number of hydrogen-bond donors (Lipinski definition) is 3. The molecule has 0 unspecified atom stereocenters. The van der Waals surface area contributed by atoms with Crippen LogP contribution in [0.3, 0.4) is 0 Å². The Morgan fingerprint density at radius 3 is 2.71 bits per heavy atom. The quantitative estimate of drug-likeness (QED) is 0.600. The number of aromatic hydroxyl groups is 1. The summed E-state index contributed by atoms with van der Waals surface area (Å²) in [5.41, 5.74) is 2.30. The molecule has 0 aliphatic carbocycles. The van der Waals surface area contributed by atoms with Crippen LogP contribution in [0.2, 0.25) is 0 Å². The number of anilines is 1. The number of aromatic amines is 1. The topological polar surface area (TPSA) is 94.1 Å². The summed E-state index contributed by atoms with van der Waals surface area (Å²) in [6.45, 7) is 0. The number of phenolic OH excluding ortho intramolecular Hbond substituents is 1. The van der Waals surface area contributed by atoms with Gasteiger partial charge in [-0.25, -0.2) is 9.37 Å². The number of nitrogens with one attached hydrogen (secondary N) is 2. The molecule has 2 aliphatic heterocycles. The molecule has 0 saturated carbocycles. The van der Waals surface area contributed by atoms with Crippen LogP contribution >= 0.6 is 0 Å². The van der Waals surface area contributed by atoms with Crippen molar-refractivity contribution in [3.8, 4) is 28.1 Å². The smallest absolute Gasteiger partial charge is 0.248 e. The van der Waals surface area contributed by atoms with E-state index >= 15 is 0 Å². The summed E-state index contributed by atoms with van der Waals surface area (Å²) < 4.78 is 14.9. The van der Waals surface area contributed by atoms with Gasteiger partial charge in [-0.1, -0.05) is 6.07 Å². The molecule has 8 heteroatoms. The molecule has 0 amide bonds. The van der Waals surface area contributed by atoms with E-state index in [1.54, 1.807) is 36.8 Å². The maximum absolute atomic E-state index is 14.9. The molecule has 4 atom stereocenters. The molecule has 5 rings (SSSR count). The number of phenols is 1. The van der Waals surface area contributed by atoms with Gasteiger partial charge in [0.25, 0.3) is 0 Å². The van der Waals surface area contributed by atoms with Gasteiger partial charge in [-0.05, 0) is 48.6 Å². The molecule has 2 aliphatic rings. The molecule has 0 spiro atoms. The Hall–Kier alpha value is -3.26. The van der Waals surface area contributed by atoms with Crippen LogP contribution in [0, 0.1) is 0 Å². The predicted molar refractivity (Wildman–Crippen MR) is 117 cm³/mol. The van der Waals surface area contributed by atoms with Crippen LogP contribution in [-0.4, -0.2) is 51.4 Å². The van der Waals surface area contributed by atoms with Gasteiger partial charge in [-0.2, -0.15) is 0 Å². The number of H-pyrrole nitrogens is 1. The fourth-order valence-electron chi connectivity index (χ4n) is 4.71. The van der Waals surface area contributed by atoms with Gasteiger partial charge in [0.05, 0.1) is 24.1 Å². The molecule has 2 bridgehead atoms. The number of rotatable bonds is 4. The molecule has 2 fully saturated rings. The summed E-state index contributed by atoms with van der Waals surface area (Å²) in [4.78, 5) is 24.9.